The fourth-order valence-corrected chi connectivity index (χ4v) is 3.18. The van der Waals surface area contributed by atoms with Gasteiger partial charge in [0, 0.05) is 12.6 Å². The SMILES string of the molecule is CCc1nn2ccc3c(c2c1C(=O)O)C(CC#N)CC3. The Morgan fingerprint density at radius 1 is 1.65 bits per heavy atom. The van der Waals surface area contributed by atoms with Crippen LogP contribution in [0.1, 0.15) is 52.9 Å². The van der Waals surface area contributed by atoms with Crippen molar-refractivity contribution in [3.63, 3.8) is 0 Å². The molecular weight excluding hydrogens is 254 g/mol. The first kappa shape index (κ1) is 12.7. The monoisotopic (exact) mass is 269 g/mol. The summed E-state index contributed by atoms with van der Waals surface area (Å²) >= 11 is 0. The topological polar surface area (TPSA) is 78.4 Å². The van der Waals surface area contributed by atoms with Gasteiger partial charge in [0.15, 0.2) is 0 Å². The van der Waals surface area contributed by atoms with Gasteiger partial charge < -0.3 is 5.11 Å². The van der Waals surface area contributed by atoms with Crippen molar-refractivity contribution in [1.29, 1.82) is 5.26 Å². The summed E-state index contributed by atoms with van der Waals surface area (Å²) in [6.45, 7) is 1.90. The number of hydrogen-bond donors (Lipinski definition) is 1. The van der Waals surface area contributed by atoms with Crippen LogP contribution in [-0.2, 0) is 12.8 Å². The highest BCUT2D eigenvalue weighted by molar-refractivity contribution is 5.98. The van der Waals surface area contributed by atoms with Gasteiger partial charge in [-0.15, -0.1) is 0 Å². The number of rotatable bonds is 3. The zero-order valence-corrected chi connectivity index (χ0v) is 11.3. The first-order valence-electron chi connectivity index (χ1n) is 6.80. The van der Waals surface area contributed by atoms with Crippen molar-refractivity contribution < 1.29 is 9.90 Å². The van der Waals surface area contributed by atoms with Crippen molar-refractivity contribution >= 4 is 11.5 Å². The highest BCUT2D eigenvalue weighted by Crippen LogP contribution is 2.39. The Hall–Kier alpha value is -2.35. The molecule has 0 saturated carbocycles. The molecule has 0 saturated heterocycles. The second kappa shape index (κ2) is 4.64. The third kappa shape index (κ3) is 1.68. The molecule has 0 fully saturated rings. The van der Waals surface area contributed by atoms with E-state index in [4.69, 9.17) is 5.26 Å². The van der Waals surface area contributed by atoms with Crippen molar-refractivity contribution in [2.24, 2.45) is 0 Å². The van der Waals surface area contributed by atoms with Gasteiger partial charge >= 0.3 is 5.97 Å². The van der Waals surface area contributed by atoms with Gasteiger partial charge in [0.2, 0.25) is 0 Å². The van der Waals surface area contributed by atoms with Gasteiger partial charge in [-0.1, -0.05) is 6.92 Å². The molecule has 0 radical (unpaired) electrons. The molecule has 1 aliphatic carbocycles. The Balaban J connectivity index is 2.34. The number of fused-ring (bicyclic) bond motifs is 3. The Bertz CT molecular complexity index is 740. The van der Waals surface area contributed by atoms with Crippen LogP contribution in [0.3, 0.4) is 0 Å². The predicted molar refractivity (Wildman–Crippen MR) is 72.8 cm³/mol. The third-order valence-electron chi connectivity index (χ3n) is 4.06. The summed E-state index contributed by atoms with van der Waals surface area (Å²) in [5.74, 6) is -0.814. The predicted octanol–water partition coefficient (Wildman–Crippen LogP) is 2.54. The molecule has 0 amide bonds. The summed E-state index contributed by atoms with van der Waals surface area (Å²) in [7, 11) is 0. The quantitative estimate of drug-likeness (QED) is 0.928. The molecule has 3 rings (SSSR count). The van der Waals surface area contributed by atoms with Crippen LogP contribution >= 0.6 is 0 Å². The standard InChI is InChI=1S/C15H15N3O2/c1-2-11-13(15(19)20)14-12-9(5-7-16)3-4-10(12)6-8-18(14)17-11/h6,8-9H,2-5H2,1H3,(H,19,20). The maximum absolute atomic E-state index is 11.6. The van der Waals surface area contributed by atoms with Gasteiger partial charge in [-0.05, 0) is 42.4 Å². The fourth-order valence-electron chi connectivity index (χ4n) is 3.18. The molecule has 5 nitrogen and oxygen atoms in total. The lowest BCUT2D eigenvalue weighted by Gasteiger charge is -2.09. The van der Waals surface area contributed by atoms with Crippen LogP contribution in [0.2, 0.25) is 0 Å². The van der Waals surface area contributed by atoms with Crippen LogP contribution < -0.4 is 0 Å². The van der Waals surface area contributed by atoms with Crippen LogP contribution in [0.5, 0.6) is 0 Å². The highest BCUT2D eigenvalue weighted by atomic mass is 16.4. The van der Waals surface area contributed by atoms with E-state index in [2.05, 4.69) is 11.2 Å². The van der Waals surface area contributed by atoms with E-state index in [-0.39, 0.29) is 5.92 Å². The minimum Gasteiger partial charge on any atom is -0.478 e. The molecule has 0 aromatic carbocycles. The van der Waals surface area contributed by atoms with Gasteiger partial charge in [-0.3, -0.25) is 0 Å². The number of carbonyl (C=O) groups is 1. The highest BCUT2D eigenvalue weighted by Gasteiger charge is 2.29. The second-order valence-electron chi connectivity index (χ2n) is 5.13. The minimum absolute atomic E-state index is 0.123. The van der Waals surface area contributed by atoms with E-state index in [1.807, 2.05) is 19.2 Å². The summed E-state index contributed by atoms with van der Waals surface area (Å²) in [6.07, 6.45) is 4.66. The molecule has 1 unspecified atom stereocenters. The number of carboxylic acid groups (broad SMARTS) is 1. The van der Waals surface area contributed by atoms with Crippen LogP contribution in [-0.4, -0.2) is 20.7 Å². The summed E-state index contributed by atoms with van der Waals surface area (Å²) in [5, 5.41) is 22.9. The zero-order chi connectivity index (χ0) is 14.3. The number of hydrogen-bond acceptors (Lipinski definition) is 3. The molecular formula is C15H15N3O2. The number of pyridine rings is 1. The van der Waals surface area contributed by atoms with E-state index in [9.17, 15) is 9.90 Å². The molecule has 0 spiro atoms. The number of aromatic carboxylic acids is 1. The lowest BCUT2D eigenvalue weighted by atomic mass is 9.96. The van der Waals surface area contributed by atoms with E-state index < -0.39 is 5.97 Å². The summed E-state index contributed by atoms with van der Waals surface area (Å²) in [6, 6.07) is 4.21. The zero-order valence-electron chi connectivity index (χ0n) is 11.3. The first-order valence-corrected chi connectivity index (χ1v) is 6.80. The molecule has 0 bridgehead atoms. The van der Waals surface area contributed by atoms with E-state index in [0.29, 0.717) is 29.6 Å². The molecule has 20 heavy (non-hydrogen) atoms. The first-order chi connectivity index (χ1) is 9.67. The molecule has 2 aromatic heterocycles. The normalized spacial score (nSPS) is 17.1. The lowest BCUT2D eigenvalue weighted by Crippen LogP contribution is -2.03. The lowest BCUT2D eigenvalue weighted by molar-refractivity contribution is 0.0698. The van der Waals surface area contributed by atoms with Gasteiger partial charge in [0.05, 0.1) is 17.3 Å². The molecule has 1 atom stereocenters. The number of aryl methyl sites for hydroxylation is 2. The van der Waals surface area contributed by atoms with E-state index >= 15 is 0 Å². The fraction of sp³-hybridized carbons (Fsp3) is 0.400. The Morgan fingerprint density at radius 2 is 2.45 bits per heavy atom. The Kier molecular flexibility index (Phi) is 2.94. The Morgan fingerprint density at radius 3 is 3.10 bits per heavy atom. The molecule has 0 aliphatic heterocycles. The number of nitriles is 1. The maximum atomic E-state index is 11.6. The van der Waals surface area contributed by atoms with Crippen LogP contribution in [0, 0.1) is 11.3 Å². The third-order valence-corrected chi connectivity index (χ3v) is 4.06. The van der Waals surface area contributed by atoms with Crippen LogP contribution in [0.4, 0.5) is 0 Å². The van der Waals surface area contributed by atoms with Crippen molar-refractivity contribution in [2.45, 2.75) is 38.5 Å². The summed E-state index contributed by atoms with van der Waals surface area (Å²) < 4.78 is 1.66. The summed E-state index contributed by atoms with van der Waals surface area (Å²) in [4.78, 5) is 11.6. The number of nitrogens with zero attached hydrogens (tertiary/aromatic N) is 3. The molecule has 2 aromatic rings. The molecule has 102 valence electrons. The molecule has 2 heterocycles. The van der Waals surface area contributed by atoms with Gasteiger partial charge in [0.1, 0.15) is 5.56 Å². The largest absolute Gasteiger partial charge is 0.478 e. The van der Waals surface area contributed by atoms with Gasteiger partial charge in [0.25, 0.3) is 0 Å². The van der Waals surface area contributed by atoms with Crippen molar-refractivity contribution in [3.05, 3.63) is 34.6 Å². The maximum Gasteiger partial charge on any atom is 0.339 e. The minimum atomic E-state index is -0.937. The van der Waals surface area contributed by atoms with Gasteiger partial charge in [-0.25, -0.2) is 9.31 Å². The average Bonchev–Trinajstić information content (AvgIpc) is 2.99. The summed E-state index contributed by atoms with van der Waals surface area (Å²) in [5.41, 5.74) is 3.76. The van der Waals surface area contributed by atoms with E-state index in [1.54, 1.807) is 4.52 Å². The molecule has 1 aliphatic rings. The van der Waals surface area contributed by atoms with Crippen molar-refractivity contribution in [3.8, 4) is 6.07 Å². The average molecular weight is 269 g/mol. The van der Waals surface area contributed by atoms with E-state index in [1.165, 1.54) is 0 Å². The smallest absolute Gasteiger partial charge is 0.339 e. The number of carboxylic acids is 1. The van der Waals surface area contributed by atoms with Crippen molar-refractivity contribution in [1.82, 2.24) is 9.61 Å². The Labute approximate surface area is 116 Å². The molecule has 1 N–H and O–H groups in total. The van der Waals surface area contributed by atoms with Crippen LogP contribution in [0.25, 0.3) is 5.52 Å². The second-order valence-corrected chi connectivity index (χ2v) is 5.13. The van der Waals surface area contributed by atoms with Gasteiger partial charge in [-0.2, -0.15) is 10.4 Å². The van der Waals surface area contributed by atoms with Crippen LogP contribution in [0.15, 0.2) is 12.3 Å². The van der Waals surface area contributed by atoms with Crippen molar-refractivity contribution in [2.75, 3.05) is 0 Å². The molecule has 5 heteroatoms. The van der Waals surface area contributed by atoms with E-state index in [0.717, 1.165) is 24.0 Å². The number of aromatic nitrogens is 2.